The highest BCUT2D eigenvalue weighted by Crippen LogP contribution is 2.23. The van der Waals surface area contributed by atoms with Crippen molar-refractivity contribution in [2.75, 3.05) is 7.11 Å². The minimum absolute atomic E-state index is 0.0479. The largest absolute Gasteiger partial charge is 0.497 e. The lowest BCUT2D eigenvalue weighted by Gasteiger charge is -2.07. The molecule has 0 bridgehead atoms. The van der Waals surface area contributed by atoms with Gasteiger partial charge in [0, 0.05) is 40.5 Å². The second-order valence-electron chi connectivity index (χ2n) is 6.56. The number of aromatic amines is 1. The molecule has 0 saturated carbocycles. The Morgan fingerprint density at radius 3 is 2.63 bits per heavy atom. The molecule has 0 aliphatic rings. The predicted molar refractivity (Wildman–Crippen MR) is 117 cm³/mol. The third kappa shape index (κ3) is 4.44. The molecule has 2 heterocycles. The number of halogens is 1. The number of nitrogens with zero attached hydrogens (tertiary/aromatic N) is 3. The average molecular weight is 443 g/mol. The Balaban J connectivity index is 1.44. The van der Waals surface area contributed by atoms with Crippen LogP contribution in [0.2, 0.25) is 5.02 Å². The van der Waals surface area contributed by atoms with E-state index >= 15 is 0 Å². The number of H-pyrrole nitrogens is 1. The first-order chi connectivity index (χ1) is 14.5. The number of ether oxygens (including phenoxy) is 2. The Morgan fingerprint density at radius 2 is 1.87 bits per heavy atom. The highest BCUT2D eigenvalue weighted by atomic mass is 35.5. The fourth-order valence-electron chi connectivity index (χ4n) is 2.90. The molecule has 9 heteroatoms. The van der Waals surface area contributed by atoms with E-state index in [1.54, 1.807) is 43.5 Å². The Kier molecular flexibility index (Phi) is 5.96. The molecule has 4 aromatic rings. The molecule has 1 N–H and O–H groups in total. The van der Waals surface area contributed by atoms with E-state index in [1.807, 2.05) is 23.7 Å². The zero-order valence-corrected chi connectivity index (χ0v) is 18.0. The Morgan fingerprint density at radius 1 is 1.10 bits per heavy atom. The molecule has 0 aliphatic carbocycles. The lowest BCUT2D eigenvalue weighted by atomic mass is 10.2. The third-order valence-corrected chi connectivity index (χ3v) is 5.88. The molecule has 0 atom stereocenters. The molecule has 154 valence electrons. The van der Waals surface area contributed by atoms with Crippen LogP contribution in [-0.4, -0.2) is 26.9 Å². The van der Waals surface area contributed by atoms with Crippen LogP contribution in [-0.2, 0) is 19.4 Å². The molecule has 0 radical (unpaired) electrons. The molecule has 0 amide bonds. The van der Waals surface area contributed by atoms with Crippen LogP contribution in [0.4, 0.5) is 0 Å². The van der Waals surface area contributed by atoms with Crippen molar-refractivity contribution in [3.63, 3.8) is 0 Å². The summed E-state index contributed by atoms with van der Waals surface area (Å²) in [5.74, 6) is 2.62. The normalized spacial score (nSPS) is 11.0. The minimum atomic E-state index is -0.0479. The van der Waals surface area contributed by atoms with Crippen LogP contribution in [0.25, 0.3) is 10.9 Å². The number of nitrogens with one attached hydrogen (secondary N) is 1. The molecule has 2 aromatic carbocycles. The maximum Gasteiger partial charge on any atom is 0.191 e. The van der Waals surface area contributed by atoms with Gasteiger partial charge in [0.1, 0.15) is 18.1 Å². The van der Waals surface area contributed by atoms with Crippen LogP contribution in [0, 0.1) is 0 Å². The molecule has 0 saturated heterocycles. The van der Waals surface area contributed by atoms with E-state index in [-0.39, 0.29) is 5.43 Å². The quantitative estimate of drug-likeness (QED) is 0.432. The smallest absolute Gasteiger partial charge is 0.191 e. The van der Waals surface area contributed by atoms with E-state index in [9.17, 15) is 4.79 Å². The van der Waals surface area contributed by atoms with Gasteiger partial charge in [-0.2, -0.15) is 0 Å². The van der Waals surface area contributed by atoms with Gasteiger partial charge in [-0.25, -0.2) is 0 Å². The number of thioether (sulfide) groups is 1. The molecule has 0 spiro atoms. The lowest BCUT2D eigenvalue weighted by molar-refractivity contribution is 0.290. The standard InChI is InChI=1S/C21H19ClN4O3S/c1-26-20(11-29-15-5-3-13(22)4-6-15)24-25-21(26)30-12-14-9-19(27)17-10-16(28-2)7-8-18(17)23-14/h3-10H,11-12H2,1-2H3,(H,23,27). The van der Waals surface area contributed by atoms with Crippen LogP contribution < -0.4 is 14.9 Å². The van der Waals surface area contributed by atoms with Crippen molar-refractivity contribution in [3.05, 3.63) is 75.3 Å². The summed E-state index contributed by atoms with van der Waals surface area (Å²) < 4.78 is 12.8. The summed E-state index contributed by atoms with van der Waals surface area (Å²) in [4.78, 5) is 15.7. The number of methoxy groups -OCH3 is 1. The molecule has 0 aliphatic heterocycles. The predicted octanol–water partition coefficient (Wildman–Crippen LogP) is 4.19. The van der Waals surface area contributed by atoms with Crippen molar-refractivity contribution in [3.8, 4) is 11.5 Å². The summed E-state index contributed by atoms with van der Waals surface area (Å²) in [5.41, 5.74) is 1.53. The SMILES string of the molecule is COc1ccc2[nH]c(CSc3nnc(COc4ccc(Cl)cc4)n3C)cc(=O)c2c1. The van der Waals surface area contributed by atoms with Crippen molar-refractivity contribution in [1.29, 1.82) is 0 Å². The van der Waals surface area contributed by atoms with Crippen LogP contribution in [0.1, 0.15) is 11.5 Å². The summed E-state index contributed by atoms with van der Waals surface area (Å²) in [6.45, 7) is 0.292. The van der Waals surface area contributed by atoms with E-state index in [4.69, 9.17) is 21.1 Å². The average Bonchev–Trinajstić information content (AvgIpc) is 3.11. The van der Waals surface area contributed by atoms with Gasteiger partial charge in [0.15, 0.2) is 16.4 Å². The second kappa shape index (κ2) is 8.81. The first-order valence-corrected chi connectivity index (χ1v) is 10.5. The maximum atomic E-state index is 12.4. The third-order valence-electron chi connectivity index (χ3n) is 4.56. The monoisotopic (exact) mass is 442 g/mol. The number of benzene rings is 2. The van der Waals surface area contributed by atoms with Crippen LogP contribution in [0.5, 0.6) is 11.5 Å². The maximum absolute atomic E-state index is 12.4. The van der Waals surface area contributed by atoms with Crippen molar-refractivity contribution < 1.29 is 9.47 Å². The van der Waals surface area contributed by atoms with E-state index in [2.05, 4.69) is 15.2 Å². The van der Waals surface area contributed by atoms with Crippen LogP contribution >= 0.6 is 23.4 Å². The second-order valence-corrected chi connectivity index (χ2v) is 7.94. The number of pyridine rings is 1. The summed E-state index contributed by atoms with van der Waals surface area (Å²) in [7, 11) is 3.47. The van der Waals surface area contributed by atoms with Gasteiger partial charge in [0.2, 0.25) is 0 Å². The Labute approximate surface area is 182 Å². The highest BCUT2D eigenvalue weighted by Gasteiger charge is 2.11. The van der Waals surface area contributed by atoms with Crippen molar-refractivity contribution in [2.24, 2.45) is 7.05 Å². The van der Waals surface area contributed by atoms with Crippen LogP contribution in [0.15, 0.2) is 58.5 Å². The molecular weight excluding hydrogens is 424 g/mol. The van der Waals surface area contributed by atoms with E-state index in [0.29, 0.717) is 40.1 Å². The number of aromatic nitrogens is 4. The van der Waals surface area contributed by atoms with Crippen molar-refractivity contribution in [1.82, 2.24) is 19.7 Å². The van der Waals surface area contributed by atoms with Crippen LogP contribution in [0.3, 0.4) is 0 Å². The zero-order valence-electron chi connectivity index (χ0n) is 16.4. The van der Waals surface area contributed by atoms with E-state index < -0.39 is 0 Å². The van der Waals surface area contributed by atoms with Gasteiger partial charge < -0.3 is 19.0 Å². The van der Waals surface area contributed by atoms with Gasteiger partial charge in [-0.15, -0.1) is 10.2 Å². The fraction of sp³-hybridized carbons (Fsp3) is 0.190. The van der Waals surface area contributed by atoms with Crippen molar-refractivity contribution >= 4 is 34.3 Å². The highest BCUT2D eigenvalue weighted by molar-refractivity contribution is 7.98. The van der Waals surface area contributed by atoms with Gasteiger partial charge in [-0.3, -0.25) is 4.79 Å². The minimum Gasteiger partial charge on any atom is -0.497 e. The zero-order chi connectivity index (χ0) is 21.1. The molecular formula is C21H19ClN4O3S. The van der Waals surface area contributed by atoms with Gasteiger partial charge >= 0.3 is 0 Å². The number of hydrogen-bond donors (Lipinski definition) is 1. The molecule has 7 nitrogen and oxygen atoms in total. The molecule has 0 fully saturated rings. The molecule has 30 heavy (non-hydrogen) atoms. The first-order valence-electron chi connectivity index (χ1n) is 9.13. The Bertz CT molecular complexity index is 1240. The van der Waals surface area contributed by atoms with Gasteiger partial charge in [-0.1, -0.05) is 23.4 Å². The van der Waals surface area contributed by atoms with E-state index in [1.165, 1.54) is 11.8 Å². The fourth-order valence-corrected chi connectivity index (χ4v) is 3.87. The van der Waals surface area contributed by atoms with Crippen molar-refractivity contribution in [2.45, 2.75) is 17.5 Å². The summed E-state index contributed by atoms with van der Waals surface area (Å²) in [5, 5.41) is 10.4. The topological polar surface area (TPSA) is 82.0 Å². The van der Waals surface area contributed by atoms with Gasteiger partial charge in [0.05, 0.1) is 7.11 Å². The van der Waals surface area contributed by atoms with E-state index in [0.717, 1.165) is 16.4 Å². The van der Waals surface area contributed by atoms with Gasteiger partial charge in [0.25, 0.3) is 0 Å². The summed E-state index contributed by atoms with van der Waals surface area (Å²) in [6, 6.07) is 14.2. The van der Waals surface area contributed by atoms with Gasteiger partial charge in [-0.05, 0) is 42.5 Å². The number of rotatable bonds is 7. The number of hydrogen-bond acceptors (Lipinski definition) is 6. The summed E-state index contributed by atoms with van der Waals surface area (Å²) in [6.07, 6.45) is 0. The lowest BCUT2D eigenvalue weighted by Crippen LogP contribution is -2.06. The molecule has 0 unspecified atom stereocenters. The Hall–Kier alpha value is -2.97. The number of fused-ring (bicyclic) bond motifs is 1. The summed E-state index contributed by atoms with van der Waals surface area (Å²) >= 11 is 7.38. The molecule has 2 aromatic heterocycles. The first kappa shape index (κ1) is 20.3. The molecule has 4 rings (SSSR count).